The maximum atomic E-state index is 13.6. The number of carbonyl (C=O) groups is 2. The van der Waals surface area contributed by atoms with Crippen LogP contribution in [0, 0.1) is 24.7 Å². The topological polar surface area (TPSA) is 75.6 Å². The van der Waals surface area contributed by atoms with Gasteiger partial charge in [0.2, 0.25) is 5.91 Å². The third-order valence-corrected chi connectivity index (χ3v) is 5.58. The molecule has 0 aromatic heterocycles. The molecule has 1 unspecified atom stereocenters. The van der Waals surface area contributed by atoms with Crippen LogP contribution in [-0.4, -0.2) is 30.1 Å². The van der Waals surface area contributed by atoms with E-state index in [0.29, 0.717) is 6.42 Å². The SMILES string of the molecule is COC(=O)[C@H](CC(C)C)NC(=O)[C@@H](C(C)C)C(c1ccc(C)cc1)c1ccc(O)cc1. The number of benzene rings is 2. The highest BCUT2D eigenvalue weighted by molar-refractivity contribution is 5.86. The highest BCUT2D eigenvalue weighted by atomic mass is 16.5. The monoisotopic (exact) mass is 425 g/mol. The molecule has 0 heterocycles. The Morgan fingerprint density at radius 2 is 1.45 bits per heavy atom. The first-order valence-corrected chi connectivity index (χ1v) is 10.9. The first-order valence-electron chi connectivity index (χ1n) is 10.9. The molecular formula is C26H35NO4. The second kappa shape index (κ2) is 11.0. The molecule has 0 saturated carbocycles. The van der Waals surface area contributed by atoms with Gasteiger partial charge in [0.1, 0.15) is 11.8 Å². The number of rotatable bonds is 9. The molecule has 2 rings (SSSR count). The summed E-state index contributed by atoms with van der Waals surface area (Å²) in [5.41, 5.74) is 3.10. The van der Waals surface area contributed by atoms with Gasteiger partial charge in [-0.25, -0.2) is 4.79 Å². The third kappa shape index (κ3) is 6.58. The molecule has 1 amide bonds. The molecule has 0 aliphatic heterocycles. The van der Waals surface area contributed by atoms with Crippen LogP contribution in [0.4, 0.5) is 0 Å². The third-order valence-electron chi connectivity index (χ3n) is 5.58. The van der Waals surface area contributed by atoms with E-state index >= 15 is 0 Å². The first-order chi connectivity index (χ1) is 14.6. The lowest BCUT2D eigenvalue weighted by molar-refractivity contribution is -0.146. The Morgan fingerprint density at radius 3 is 1.90 bits per heavy atom. The number of hydrogen-bond donors (Lipinski definition) is 2. The molecule has 2 N–H and O–H groups in total. The average molecular weight is 426 g/mol. The molecule has 0 aliphatic rings. The van der Waals surface area contributed by atoms with Crippen LogP contribution in [-0.2, 0) is 14.3 Å². The average Bonchev–Trinajstić information content (AvgIpc) is 2.71. The van der Waals surface area contributed by atoms with Gasteiger partial charge in [-0.2, -0.15) is 0 Å². The minimum absolute atomic E-state index is 0.0115. The Labute approximate surface area is 185 Å². The summed E-state index contributed by atoms with van der Waals surface area (Å²) in [7, 11) is 1.34. The number of methoxy groups -OCH3 is 1. The van der Waals surface area contributed by atoms with Gasteiger partial charge in [-0.05, 0) is 48.4 Å². The highest BCUT2D eigenvalue weighted by Crippen LogP contribution is 2.37. The lowest BCUT2D eigenvalue weighted by Gasteiger charge is -2.32. The van der Waals surface area contributed by atoms with E-state index in [0.717, 1.165) is 16.7 Å². The van der Waals surface area contributed by atoms with E-state index < -0.39 is 17.9 Å². The second-order valence-electron chi connectivity index (χ2n) is 8.96. The van der Waals surface area contributed by atoms with E-state index in [-0.39, 0.29) is 29.4 Å². The van der Waals surface area contributed by atoms with Crippen molar-refractivity contribution in [3.63, 3.8) is 0 Å². The number of amides is 1. The molecule has 2 aromatic rings. The van der Waals surface area contributed by atoms with Crippen LogP contribution in [0.5, 0.6) is 5.75 Å². The Morgan fingerprint density at radius 1 is 0.935 bits per heavy atom. The fourth-order valence-electron chi connectivity index (χ4n) is 4.00. The number of aryl methyl sites for hydroxylation is 1. The number of esters is 1. The molecule has 3 atom stereocenters. The van der Waals surface area contributed by atoms with Crippen LogP contribution in [0.25, 0.3) is 0 Å². The summed E-state index contributed by atoms with van der Waals surface area (Å²) in [5, 5.41) is 12.7. The van der Waals surface area contributed by atoms with Crippen LogP contribution in [0.1, 0.15) is 56.7 Å². The van der Waals surface area contributed by atoms with Crippen LogP contribution < -0.4 is 5.32 Å². The van der Waals surface area contributed by atoms with Crippen molar-refractivity contribution < 1.29 is 19.4 Å². The Hall–Kier alpha value is -2.82. The van der Waals surface area contributed by atoms with Crippen molar-refractivity contribution in [2.75, 3.05) is 7.11 Å². The number of hydrogen-bond acceptors (Lipinski definition) is 4. The number of ether oxygens (including phenoxy) is 1. The fourth-order valence-corrected chi connectivity index (χ4v) is 4.00. The van der Waals surface area contributed by atoms with Gasteiger partial charge < -0.3 is 15.2 Å². The number of aromatic hydroxyl groups is 1. The van der Waals surface area contributed by atoms with E-state index in [4.69, 9.17) is 4.74 Å². The van der Waals surface area contributed by atoms with E-state index in [1.165, 1.54) is 7.11 Å². The molecular weight excluding hydrogens is 390 g/mol. The first kappa shape index (κ1) is 24.4. The van der Waals surface area contributed by atoms with Gasteiger partial charge in [0.15, 0.2) is 0 Å². The van der Waals surface area contributed by atoms with Crippen molar-refractivity contribution in [1.29, 1.82) is 0 Å². The van der Waals surface area contributed by atoms with Gasteiger partial charge >= 0.3 is 5.97 Å². The number of phenols is 1. The summed E-state index contributed by atoms with van der Waals surface area (Å²) in [6, 6.07) is 14.5. The predicted molar refractivity (Wildman–Crippen MR) is 123 cm³/mol. The predicted octanol–water partition coefficient (Wildman–Crippen LogP) is 4.81. The highest BCUT2D eigenvalue weighted by Gasteiger charge is 2.35. The zero-order valence-electron chi connectivity index (χ0n) is 19.4. The molecule has 0 radical (unpaired) electrons. The van der Waals surface area contributed by atoms with Crippen LogP contribution in [0.3, 0.4) is 0 Å². The van der Waals surface area contributed by atoms with Crippen molar-refractivity contribution in [2.24, 2.45) is 17.8 Å². The smallest absolute Gasteiger partial charge is 0.328 e. The standard InChI is InChI=1S/C26H35NO4/c1-16(2)15-22(26(30)31-6)27-25(29)23(17(3)4)24(19-9-7-18(5)8-10-19)20-11-13-21(28)14-12-20/h7-14,16-17,22-24,28H,15H2,1-6H3,(H,27,29)/t22-,23-,24?/m0/s1. The van der Waals surface area contributed by atoms with Crippen molar-refractivity contribution in [1.82, 2.24) is 5.32 Å². The lowest BCUT2D eigenvalue weighted by atomic mass is 9.74. The summed E-state index contributed by atoms with van der Waals surface area (Å²) >= 11 is 0. The molecule has 5 heteroatoms. The van der Waals surface area contributed by atoms with Crippen LogP contribution in [0.2, 0.25) is 0 Å². The van der Waals surface area contributed by atoms with Crippen LogP contribution >= 0.6 is 0 Å². The van der Waals surface area contributed by atoms with E-state index in [1.807, 2.05) is 71.0 Å². The quantitative estimate of drug-likeness (QED) is 0.566. The molecule has 168 valence electrons. The molecule has 2 aromatic carbocycles. The minimum atomic E-state index is -0.683. The van der Waals surface area contributed by atoms with Crippen molar-refractivity contribution in [2.45, 2.75) is 53.0 Å². The van der Waals surface area contributed by atoms with E-state index in [2.05, 4.69) is 5.32 Å². The maximum Gasteiger partial charge on any atom is 0.328 e. The molecule has 0 aliphatic carbocycles. The van der Waals surface area contributed by atoms with Crippen molar-refractivity contribution >= 4 is 11.9 Å². The molecule has 5 nitrogen and oxygen atoms in total. The summed E-state index contributed by atoms with van der Waals surface area (Å²) < 4.78 is 4.93. The lowest BCUT2D eigenvalue weighted by Crippen LogP contribution is -2.47. The summed E-state index contributed by atoms with van der Waals surface area (Å²) in [4.78, 5) is 25.8. The van der Waals surface area contributed by atoms with Crippen molar-refractivity contribution in [3.8, 4) is 5.75 Å². The van der Waals surface area contributed by atoms with Crippen LogP contribution in [0.15, 0.2) is 48.5 Å². The zero-order valence-corrected chi connectivity index (χ0v) is 19.4. The fraction of sp³-hybridized carbons (Fsp3) is 0.462. The molecule has 0 bridgehead atoms. The zero-order chi connectivity index (χ0) is 23.1. The molecule has 0 fully saturated rings. The number of carbonyl (C=O) groups excluding carboxylic acids is 2. The van der Waals surface area contributed by atoms with E-state index in [1.54, 1.807) is 12.1 Å². The Balaban J connectivity index is 2.47. The Bertz CT molecular complexity index is 810. The van der Waals surface area contributed by atoms with Gasteiger partial charge in [-0.3, -0.25) is 4.79 Å². The maximum absolute atomic E-state index is 13.6. The van der Waals surface area contributed by atoms with E-state index in [9.17, 15) is 14.7 Å². The summed E-state index contributed by atoms with van der Waals surface area (Å²) in [5.74, 6) is -0.820. The Kier molecular flexibility index (Phi) is 8.66. The minimum Gasteiger partial charge on any atom is -0.508 e. The van der Waals surface area contributed by atoms with Gasteiger partial charge in [0, 0.05) is 5.92 Å². The van der Waals surface area contributed by atoms with Gasteiger partial charge in [-0.15, -0.1) is 0 Å². The molecule has 0 spiro atoms. The molecule has 31 heavy (non-hydrogen) atoms. The summed E-state index contributed by atoms with van der Waals surface area (Å²) in [6.45, 7) is 10.1. The summed E-state index contributed by atoms with van der Waals surface area (Å²) in [6.07, 6.45) is 0.512. The normalized spacial score (nSPS) is 14.2. The van der Waals surface area contributed by atoms with Gasteiger partial charge in [0.05, 0.1) is 13.0 Å². The van der Waals surface area contributed by atoms with Gasteiger partial charge in [0.25, 0.3) is 0 Å². The second-order valence-corrected chi connectivity index (χ2v) is 8.96. The molecule has 0 saturated heterocycles. The number of nitrogens with one attached hydrogen (secondary N) is 1. The van der Waals surface area contributed by atoms with Gasteiger partial charge in [-0.1, -0.05) is 69.7 Å². The van der Waals surface area contributed by atoms with Crippen molar-refractivity contribution in [3.05, 3.63) is 65.2 Å². The number of phenolic OH excluding ortho intramolecular Hbond substituents is 1. The largest absolute Gasteiger partial charge is 0.508 e.